The van der Waals surface area contributed by atoms with Gasteiger partial charge >= 0.3 is 0 Å². The summed E-state index contributed by atoms with van der Waals surface area (Å²) in [5.41, 5.74) is 0.829. The maximum absolute atomic E-state index is 13.4. The Hall–Kier alpha value is -2.74. The van der Waals surface area contributed by atoms with Gasteiger partial charge < -0.3 is 19.2 Å². The van der Waals surface area contributed by atoms with Crippen LogP contribution in [0.2, 0.25) is 0 Å². The fourth-order valence-corrected chi connectivity index (χ4v) is 3.87. The molecule has 1 aliphatic heterocycles. The van der Waals surface area contributed by atoms with Crippen molar-refractivity contribution < 1.29 is 18.7 Å². The van der Waals surface area contributed by atoms with E-state index >= 15 is 0 Å². The fourth-order valence-electron chi connectivity index (χ4n) is 3.87. The summed E-state index contributed by atoms with van der Waals surface area (Å²) < 4.78 is 25.3. The van der Waals surface area contributed by atoms with Gasteiger partial charge in [-0.15, -0.1) is 0 Å². The Morgan fingerprint density at radius 1 is 1.10 bits per heavy atom. The molecule has 0 amide bonds. The molecule has 1 atom stereocenters. The first-order chi connectivity index (χ1) is 15.0. The van der Waals surface area contributed by atoms with Crippen LogP contribution >= 0.6 is 0 Å². The zero-order chi connectivity index (χ0) is 21.8. The highest BCUT2D eigenvalue weighted by Gasteiger charge is 2.20. The minimum atomic E-state index is -0.414. The molecule has 164 valence electrons. The van der Waals surface area contributed by atoms with E-state index in [1.807, 2.05) is 4.90 Å². The van der Waals surface area contributed by atoms with Crippen LogP contribution in [0, 0.1) is 5.82 Å². The molecular formula is C24H27FN2O4. The minimum Gasteiger partial charge on any atom is -0.486 e. The number of aliphatic hydroxyl groups is 1. The summed E-state index contributed by atoms with van der Waals surface area (Å²) in [5.74, 6) is 0.114. The molecule has 2 heterocycles. The van der Waals surface area contributed by atoms with Crippen molar-refractivity contribution >= 4 is 11.0 Å². The molecule has 1 aliphatic rings. The molecule has 1 fully saturated rings. The summed E-state index contributed by atoms with van der Waals surface area (Å²) in [5, 5.41) is 10.1. The molecule has 1 N–H and O–H groups in total. The van der Waals surface area contributed by atoms with Crippen molar-refractivity contribution in [3.8, 4) is 17.1 Å². The van der Waals surface area contributed by atoms with Crippen LogP contribution in [0.15, 0.2) is 57.7 Å². The lowest BCUT2D eigenvalue weighted by Crippen LogP contribution is -2.49. The molecule has 31 heavy (non-hydrogen) atoms. The van der Waals surface area contributed by atoms with Crippen LogP contribution in [0.3, 0.4) is 0 Å². The topological polar surface area (TPSA) is 66.2 Å². The summed E-state index contributed by atoms with van der Waals surface area (Å²) in [4.78, 5) is 17.5. The number of piperazine rings is 1. The van der Waals surface area contributed by atoms with Crippen LogP contribution in [0.4, 0.5) is 4.39 Å². The number of aliphatic hydroxyl groups excluding tert-OH is 1. The average Bonchev–Trinajstić information content (AvgIpc) is 2.78. The van der Waals surface area contributed by atoms with Crippen molar-refractivity contribution in [2.45, 2.75) is 19.6 Å². The number of benzene rings is 2. The van der Waals surface area contributed by atoms with E-state index in [9.17, 15) is 14.3 Å². The van der Waals surface area contributed by atoms with Gasteiger partial charge in [-0.3, -0.25) is 9.69 Å². The number of halogens is 1. The average molecular weight is 426 g/mol. The number of fused-ring (bicyclic) bond motifs is 1. The molecule has 0 bridgehead atoms. The van der Waals surface area contributed by atoms with Gasteiger partial charge in [0.2, 0.25) is 11.2 Å². The number of rotatable bonds is 7. The largest absolute Gasteiger partial charge is 0.486 e. The Bertz CT molecular complexity index is 1070. The van der Waals surface area contributed by atoms with Crippen molar-refractivity contribution in [2.75, 3.05) is 39.3 Å². The Morgan fingerprint density at radius 3 is 2.52 bits per heavy atom. The van der Waals surface area contributed by atoms with Crippen LogP contribution in [-0.4, -0.2) is 60.5 Å². The van der Waals surface area contributed by atoms with E-state index in [0.29, 0.717) is 28.9 Å². The highest BCUT2D eigenvalue weighted by molar-refractivity contribution is 5.81. The third-order valence-corrected chi connectivity index (χ3v) is 5.66. The normalized spacial score (nSPS) is 16.5. The molecule has 0 radical (unpaired) electrons. The molecule has 1 unspecified atom stereocenters. The standard InChI is InChI=1S/C24H27FN2O4/c1-17(28)27-14-12-26(13-15-27)11-4-16-30-24-22(29)20-5-2-3-6-21(20)31-23(24)18-7-9-19(25)10-8-18/h2-3,5-10,17,28H,4,11-16H2,1H3. The third kappa shape index (κ3) is 4.95. The van der Waals surface area contributed by atoms with E-state index in [1.165, 1.54) is 12.1 Å². The number of para-hydroxylation sites is 1. The van der Waals surface area contributed by atoms with Gasteiger partial charge in [0, 0.05) is 38.3 Å². The zero-order valence-electron chi connectivity index (χ0n) is 17.6. The van der Waals surface area contributed by atoms with E-state index in [-0.39, 0.29) is 17.0 Å². The number of ether oxygens (including phenoxy) is 1. The summed E-state index contributed by atoms with van der Waals surface area (Å²) in [7, 11) is 0. The highest BCUT2D eigenvalue weighted by Crippen LogP contribution is 2.31. The van der Waals surface area contributed by atoms with E-state index < -0.39 is 6.23 Å². The number of hydrogen-bond acceptors (Lipinski definition) is 6. The van der Waals surface area contributed by atoms with E-state index in [4.69, 9.17) is 9.15 Å². The summed E-state index contributed by atoms with van der Waals surface area (Å²) in [6.07, 6.45) is 0.339. The summed E-state index contributed by atoms with van der Waals surface area (Å²) in [6, 6.07) is 12.9. The molecule has 7 heteroatoms. The predicted octanol–water partition coefficient (Wildman–Crippen LogP) is 3.32. The Kier molecular flexibility index (Phi) is 6.65. The maximum atomic E-state index is 13.4. The van der Waals surface area contributed by atoms with E-state index in [2.05, 4.69) is 4.90 Å². The van der Waals surface area contributed by atoms with Crippen LogP contribution < -0.4 is 10.2 Å². The molecule has 0 saturated carbocycles. The van der Waals surface area contributed by atoms with E-state index in [0.717, 1.165) is 39.1 Å². The molecule has 3 aromatic rings. The van der Waals surface area contributed by atoms with E-state index in [1.54, 1.807) is 43.3 Å². The lowest BCUT2D eigenvalue weighted by molar-refractivity contribution is -0.0133. The van der Waals surface area contributed by atoms with Crippen LogP contribution in [0.25, 0.3) is 22.3 Å². The lowest BCUT2D eigenvalue weighted by Gasteiger charge is -2.36. The number of hydrogen-bond donors (Lipinski definition) is 1. The Morgan fingerprint density at radius 2 is 1.81 bits per heavy atom. The van der Waals surface area contributed by atoms with Crippen molar-refractivity contribution in [1.82, 2.24) is 9.80 Å². The molecule has 1 aromatic heterocycles. The first-order valence-corrected chi connectivity index (χ1v) is 10.6. The molecule has 0 aliphatic carbocycles. The van der Waals surface area contributed by atoms with Gasteiger partial charge in [0.25, 0.3) is 0 Å². The zero-order valence-corrected chi connectivity index (χ0v) is 17.6. The second-order valence-corrected chi connectivity index (χ2v) is 7.80. The number of nitrogens with zero attached hydrogens (tertiary/aromatic N) is 2. The smallest absolute Gasteiger partial charge is 0.235 e. The summed E-state index contributed by atoms with van der Waals surface area (Å²) >= 11 is 0. The molecule has 1 saturated heterocycles. The molecule has 0 spiro atoms. The van der Waals surface area contributed by atoms with Gasteiger partial charge in [-0.25, -0.2) is 4.39 Å². The molecule has 6 nitrogen and oxygen atoms in total. The third-order valence-electron chi connectivity index (χ3n) is 5.66. The van der Waals surface area contributed by atoms with Crippen molar-refractivity contribution in [1.29, 1.82) is 0 Å². The Balaban J connectivity index is 1.48. The molecular weight excluding hydrogens is 399 g/mol. The van der Waals surface area contributed by atoms with Crippen molar-refractivity contribution in [2.24, 2.45) is 0 Å². The summed E-state index contributed by atoms with van der Waals surface area (Å²) in [6.45, 7) is 6.46. The van der Waals surface area contributed by atoms with Crippen LogP contribution in [-0.2, 0) is 0 Å². The predicted molar refractivity (Wildman–Crippen MR) is 118 cm³/mol. The first kappa shape index (κ1) is 21.5. The van der Waals surface area contributed by atoms with Crippen LogP contribution in [0.5, 0.6) is 5.75 Å². The van der Waals surface area contributed by atoms with Crippen molar-refractivity contribution in [3.05, 3.63) is 64.6 Å². The second kappa shape index (κ2) is 9.60. The van der Waals surface area contributed by atoms with Gasteiger partial charge in [0.1, 0.15) is 17.6 Å². The SMILES string of the molecule is CC(O)N1CCN(CCCOc2c(-c3ccc(F)cc3)oc3ccccc3c2=O)CC1. The van der Waals surface area contributed by atoms with Gasteiger partial charge in [-0.1, -0.05) is 12.1 Å². The molecule has 2 aromatic carbocycles. The first-order valence-electron chi connectivity index (χ1n) is 10.6. The monoisotopic (exact) mass is 426 g/mol. The maximum Gasteiger partial charge on any atom is 0.235 e. The van der Waals surface area contributed by atoms with Gasteiger partial charge in [0.15, 0.2) is 5.76 Å². The van der Waals surface area contributed by atoms with Gasteiger partial charge in [0.05, 0.1) is 12.0 Å². The Labute approximate surface area is 180 Å². The van der Waals surface area contributed by atoms with Gasteiger partial charge in [-0.05, 0) is 49.7 Å². The fraction of sp³-hybridized carbons (Fsp3) is 0.375. The quantitative estimate of drug-likeness (QED) is 0.585. The van der Waals surface area contributed by atoms with Crippen LogP contribution in [0.1, 0.15) is 13.3 Å². The lowest BCUT2D eigenvalue weighted by atomic mass is 10.1. The molecule has 4 rings (SSSR count). The minimum absolute atomic E-state index is 0.157. The van der Waals surface area contributed by atoms with Gasteiger partial charge in [-0.2, -0.15) is 0 Å². The van der Waals surface area contributed by atoms with Crippen molar-refractivity contribution in [3.63, 3.8) is 0 Å². The second-order valence-electron chi connectivity index (χ2n) is 7.80. The highest BCUT2D eigenvalue weighted by atomic mass is 19.1.